The molecule has 1 aliphatic carbocycles. The fourth-order valence-electron chi connectivity index (χ4n) is 6.49. The van der Waals surface area contributed by atoms with E-state index in [1.165, 1.54) is 61.8 Å². The maximum Gasteiger partial charge on any atom is 0.282 e. The van der Waals surface area contributed by atoms with Gasteiger partial charge in [-0.1, -0.05) is 55.5 Å². The fourth-order valence-corrected chi connectivity index (χ4v) is 6.74. The Morgan fingerprint density at radius 1 is 1.03 bits per heavy atom. The topological polar surface area (TPSA) is 46.9 Å². The molecule has 3 aliphatic rings. The van der Waals surface area contributed by atoms with Crippen molar-refractivity contribution in [3.05, 3.63) is 68.7 Å². The van der Waals surface area contributed by atoms with Gasteiger partial charge in [0.25, 0.3) is 5.56 Å². The number of benzene rings is 2. The molecule has 1 aromatic heterocycles. The van der Waals surface area contributed by atoms with Crippen LogP contribution in [0.1, 0.15) is 80.2 Å². The largest absolute Gasteiger partial charge is 0.317 e. The van der Waals surface area contributed by atoms with Crippen LogP contribution >= 0.6 is 11.6 Å². The molecule has 6 rings (SSSR count). The standard InChI is InChI=1S/C28H32ClN3O/c29-23-6-3-7-25-26(23)28(33)31-27-21(9-8-18-4-1-2-5-18)17-22-16-20(10-11-24(22)32(25)27)19-12-14-30-15-13-19/h3,6-7,10-11,16,18-19,21,30H,1-2,4-5,8-9,12-15,17H2. The van der Waals surface area contributed by atoms with Crippen LogP contribution in [-0.2, 0) is 6.42 Å². The highest BCUT2D eigenvalue weighted by Crippen LogP contribution is 2.40. The number of aromatic nitrogens is 2. The van der Waals surface area contributed by atoms with Crippen molar-refractivity contribution < 1.29 is 0 Å². The molecule has 0 bridgehead atoms. The molecule has 2 aliphatic heterocycles. The van der Waals surface area contributed by atoms with Crippen molar-refractivity contribution in [1.82, 2.24) is 14.9 Å². The van der Waals surface area contributed by atoms with E-state index in [0.29, 0.717) is 16.3 Å². The summed E-state index contributed by atoms with van der Waals surface area (Å²) >= 11 is 6.48. The second kappa shape index (κ2) is 8.88. The van der Waals surface area contributed by atoms with E-state index in [0.717, 1.165) is 43.2 Å². The molecule has 0 radical (unpaired) electrons. The molecule has 3 heterocycles. The third kappa shape index (κ3) is 3.91. The van der Waals surface area contributed by atoms with E-state index >= 15 is 0 Å². The van der Waals surface area contributed by atoms with Crippen molar-refractivity contribution in [3.8, 4) is 5.69 Å². The Kier molecular flexibility index (Phi) is 5.75. The van der Waals surface area contributed by atoms with Crippen molar-refractivity contribution >= 4 is 22.5 Å². The van der Waals surface area contributed by atoms with Gasteiger partial charge < -0.3 is 5.32 Å². The smallest absolute Gasteiger partial charge is 0.282 e. The van der Waals surface area contributed by atoms with Crippen molar-refractivity contribution in [3.63, 3.8) is 0 Å². The molecule has 0 amide bonds. The summed E-state index contributed by atoms with van der Waals surface area (Å²) in [5, 5.41) is 4.51. The van der Waals surface area contributed by atoms with Crippen LogP contribution in [0.3, 0.4) is 0 Å². The molecule has 4 nitrogen and oxygen atoms in total. The summed E-state index contributed by atoms with van der Waals surface area (Å²) in [5.41, 5.74) is 4.72. The predicted octanol–water partition coefficient (Wildman–Crippen LogP) is 6.12. The van der Waals surface area contributed by atoms with Gasteiger partial charge in [0.15, 0.2) is 0 Å². The van der Waals surface area contributed by atoms with Gasteiger partial charge in [-0.15, -0.1) is 0 Å². The Hall–Kier alpha value is -2.17. The van der Waals surface area contributed by atoms with Crippen LogP contribution in [0.25, 0.3) is 16.6 Å². The molecule has 1 N–H and O–H groups in total. The molecular weight excluding hydrogens is 430 g/mol. The number of piperidine rings is 1. The van der Waals surface area contributed by atoms with Gasteiger partial charge in [-0.25, -0.2) is 0 Å². The number of hydrogen-bond donors (Lipinski definition) is 1. The molecular formula is C28H32ClN3O. The molecule has 1 saturated carbocycles. The molecule has 0 spiro atoms. The van der Waals surface area contributed by atoms with E-state index in [2.05, 4.69) is 33.1 Å². The molecule has 5 heteroatoms. The second-order valence-electron chi connectivity index (χ2n) is 10.3. The van der Waals surface area contributed by atoms with Crippen LogP contribution in [0.5, 0.6) is 0 Å². The molecule has 1 atom stereocenters. The van der Waals surface area contributed by atoms with Gasteiger partial charge in [0.1, 0.15) is 5.82 Å². The van der Waals surface area contributed by atoms with E-state index < -0.39 is 0 Å². The number of nitrogens with one attached hydrogen (secondary N) is 1. The van der Waals surface area contributed by atoms with Gasteiger partial charge in [-0.2, -0.15) is 4.98 Å². The van der Waals surface area contributed by atoms with Crippen molar-refractivity contribution in [2.24, 2.45) is 5.92 Å². The van der Waals surface area contributed by atoms with Crippen LogP contribution in [0, 0.1) is 5.92 Å². The summed E-state index contributed by atoms with van der Waals surface area (Å²) < 4.78 is 2.24. The summed E-state index contributed by atoms with van der Waals surface area (Å²) in [6.07, 6.45) is 11.2. The lowest BCUT2D eigenvalue weighted by molar-refractivity contribution is 0.431. The zero-order valence-corrected chi connectivity index (χ0v) is 19.9. The minimum absolute atomic E-state index is 0.192. The molecule has 33 heavy (non-hydrogen) atoms. The zero-order valence-electron chi connectivity index (χ0n) is 19.2. The lowest BCUT2D eigenvalue weighted by Crippen LogP contribution is -2.28. The summed E-state index contributed by atoms with van der Waals surface area (Å²) in [6, 6.07) is 12.8. The number of halogens is 1. The predicted molar refractivity (Wildman–Crippen MR) is 135 cm³/mol. The Balaban J connectivity index is 1.47. The van der Waals surface area contributed by atoms with Crippen LogP contribution in [-0.4, -0.2) is 22.6 Å². The quantitative estimate of drug-likeness (QED) is 0.509. The highest BCUT2D eigenvalue weighted by molar-refractivity contribution is 6.35. The van der Waals surface area contributed by atoms with Gasteiger partial charge in [0, 0.05) is 5.92 Å². The average molecular weight is 462 g/mol. The van der Waals surface area contributed by atoms with Crippen molar-refractivity contribution in [2.45, 2.75) is 69.6 Å². The minimum Gasteiger partial charge on any atom is -0.317 e. The lowest BCUT2D eigenvalue weighted by Gasteiger charge is -2.32. The monoisotopic (exact) mass is 461 g/mol. The van der Waals surface area contributed by atoms with Crippen molar-refractivity contribution in [1.29, 1.82) is 0 Å². The number of rotatable bonds is 4. The Labute approximate surface area is 200 Å². The van der Waals surface area contributed by atoms with E-state index in [9.17, 15) is 4.79 Å². The Bertz CT molecular complexity index is 1240. The fraction of sp³-hybridized carbons (Fsp3) is 0.500. The summed E-state index contributed by atoms with van der Waals surface area (Å²) in [5.74, 6) is 2.67. The van der Waals surface area contributed by atoms with Crippen LogP contribution in [0.15, 0.2) is 41.2 Å². The highest BCUT2D eigenvalue weighted by Gasteiger charge is 2.30. The first-order valence-corrected chi connectivity index (χ1v) is 13.1. The van der Waals surface area contributed by atoms with Gasteiger partial charge >= 0.3 is 0 Å². The molecule has 3 aromatic rings. The van der Waals surface area contributed by atoms with Gasteiger partial charge in [0.2, 0.25) is 0 Å². The Morgan fingerprint density at radius 3 is 2.67 bits per heavy atom. The first-order valence-electron chi connectivity index (χ1n) is 12.7. The Morgan fingerprint density at radius 2 is 1.85 bits per heavy atom. The van der Waals surface area contributed by atoms with Crippen LogP contribution in [0.4, 0.5) is 0 Å². The van der Waals surface area contributed by atoms with Gasteiger partial charge in [-0.3, -0.25) is 9.36 Å². The van der Waals surface area contributed by atoms with E-state index in [4.69, 9.17) is 11.6 Å². The summed E-state index contributed by atoms with van der Waals surface area (Å²) in [7, 11) is 0. The summed E-state index contributed by atoms with van der Waals surface area (Å²) in [6.45, 7) is 2.20. The minimum atomic E-state index is -0.192. The number of nitrogens with zero attached hydrogens (tertiary/aromatic N) is 2. The van der Waals surface area contributed by atoms with E-state index in [1.54, 1.807) is 6.07 Å². The zero-order chi connectivity index (χ0) is 22.4. The second-order valence-corrected chi connectivity index (χ2v) is 10.7. The van der Waals surface area contributed by atoms with Crippen LogP contribution in [0.2, 0.25) is 5.02 Å². The van der Waals surface area contributed by atoms with Gasteiger partial charge in [-0.05, 0) is 86.4 Å². The molecule has 2 fully saturated rings. The number of hydrogen-bond acceptors (Lipinski definition) is 3. The molecule has 2 aromatic carbocycles. The van der Waals surface area contributed by atoms with Crippen molar-refractivity contribution in [2.75, 3.05) is 13.1 Å². The highest BCUT2D eigenvalue weighted by atomic mass is 35.5. The maximum atomic E-state index is 13.0. The average Bonchev–Trinajstić information content (AvgIpc) is 3.36. The third-order valence-corrected chi connectivity index (χ3v) is 8.59. The molecule has 1 unspecified atom stereocenters. The third-order valence-electron chi connectivity index (χ3n) is 8.28. The van der Waals surface area contributed by atoms with Gasteiger partial charge in [0.05, 0.1) is 21.6 Å². The normalized spacial score (nSPS) is 21.3. The lowest BCUT2D eigenvalue weighted by atomic mass is 9.83. The summed E-state index contributed by atoms with van der Waals surface area (Å²) in [4.78, 5) is 17.7. The van der Waals surface area contributed by atoms with E-state index in [1.807, 2.05) is 12.1 Å². The first kappa shape index (κ1) is 21.4. The van der Waals surface area contributed by atoms with Crippen LogP contribution < -0.4 is 10.9 Å². The molecule has 172 valence electrons. The maximum absolute atomic E-state index is 13.0. The molecule has 1 saturated heterocycles. The SMILES string of the molecule is O=c1nc2n(c3cccc(Cl)c13)-c1ccc(C3CCNCC3)cc1CC2CCC1CCCC1. The first-order chi connectivity index (χ1) is 16.2. The number of fused-ring (bicyclic) bond motifs is 5. The van der Waals surface area contributed by atoms with E-state index in [-0.39, 0.29) is 11.5 Å².